The molecule has 1 rings (SSSR count). The molecule has 1 amide bonds. The Bertz CT molecular complexity index is 407. The van der Waals surface area contributed by atoms with E-state index in [-0.39, 0.29) is 5.91 Å². The summed E-state index contributed by atoms with van der Waals surface area (Å²) in [6.07, 6.45) is 0. The molecule has 0 unspecified atom stereocenters. The van der Waals surface area contributed by atoms with Crippen LogP contribution >= 0.6 is 27.5 Å². The van der Waals surface area contributed by atoms with Crippen LogP contribution in [0.1, 0.15) is 13.8 Å². The van der Waals surface area contributed by atoms with Crippen LogP contribution in [-0.4, -0.2) is 18.5 Å². The van der Waals surface area contributed by atoms with Crippen molar-refractivity contribution in [3.05, 3.63) is 27.7 Å². The first-order valence-electron chi connectivity index (χ1n) is 4.82. The molecule has 0 fully saturated rings. The van der Waals surface area contributed by atoms with Crippen LogP contribution in [0.2, 0.25) is 5.02 Å². The van der Waals surface area contributed by atoms with Gasteiger partial charge in [0.25, 0.3) is 0 Å². The van der Waals surface area contributed by atoms with Gasteiger partial charge < -0.3 is 10.6 Å². The average Bonchev–Trinajstić information content (AvgIpc) is 2.22. The summed E-state index contributed by atoms with van der Waals surface area (Å²) in [4.78, 5) is 11.9. The van der Waals surface area contributed by atoms with Gasteiger partial charge in [0.2, 0.25) is 5.91 Å². The van der Waals surface area contributed by atoms with Gasteiger partial charge in [-0.15, -0.1) is 0 Å². The highest BCUT2D eigenvalue weighted by molar-refractivity contribution is 9.10. The molecule has 1 aromatic carbocycles. The van der Waals surface area contributed by atoms with Gasteiger partial charge in [-0.1, -0.05) is 11.6 Å². The van der Waals surface area contributed by atoms with Crippen LogP contribution in [0, 0.1) is 0 Å². The van der Waals surface area contributed by atoms with Gasteiger partial charge in [-0.2, -0.15) is 0 Å². The molecule has 2 N–H and O–H groups in total. The number of benzene rings is 1. The largest absolute Gasteiger partial charge is 0.323 e. The highest BCUT2D eigenvalue weighted by Gasteiger charge is 2.25. The van der Waals surface area contributed by atoms with Crippen molar-refractivity contribution in [3.8, 4) is 0 Å². The Balaban J connectivity index is 2.85. The maximum atomic E-state index is 11.9. The van der Waals surface area contributed by atoms with E-state index < -0.39 is 5.54 Å². The maximum Gasteiger partial charge on any atom is 0.244 e. The van der Waals surface area contributed by atoms with Crippen molar-refractivity contribution in [2.24, 2.45) is 0 Å². The fraction of sp³-hybridized carbons (Fsp3) is 0.364. The molecule has 0 aliphatic heterocycles. The fourth-order valence-corrected chi connectivity index (χ4v) is 1.76. The molecule has 0 saturated heterocycles. The Labute approximate surface area is 109 Å². The molecule has 0 atom stereocenters. The first-order chi connectivity index (χ1) is 7.36. The average molecular weight is 306 g/mol. The number of carbonyl (C=O) groups excluding carboxylic acids is 1. The van der Waals surface area contributed by atoms with E-state index >= 15 is 0 Å². The van der Waals surface area contributed by atoms with Gasteiger partial charge in [-0.3, -0.25) is 4.79 Å². The number of likely N-dealkylation sites (N-methyl/N-ethyl adjacent to an activating group) is 1. The zero-order chi connectivity index (χ0) is 12.3. The molecule has 0 saturated carbocycles. The minimum absolute atomic E-state index is 0.0991. The van der Waals surface area contributed by atoms with Crippen molar-refractivity contribution in [1.82, 2.24) is 5.32 Å². The number of rotatable bonds is 3. The maximum absolute atomic E-state index is 11.9. The third-order valence-electron chi connectivity index (χ3n) is 2.37. The second-order valence-corrected chi connectivity index (χ2v) is 5.24. The zero-order valence-corrected chi connectivity index (χ0v) is 11.7. The summed E-state index contributed by atoms with van der Waals surface area (Å²) in [7, 11) is 1.75. The third-order valence-corrected chi connectivity index (χ3v) is 3.26. The summed E-state index contributed by atoms with van der Waals surface area (Å²) in [5.74, 6) is -0.0991. The lowest BCUT2D eigenvalue weighted by Crippen LogP contribution is -2.47. The zero-order valence-electron chi connectivity index (χ0n) is 9.40. The molecule has 88 valence electrons. The third kappa shape index (κ3) is 3.20. The topological polar surface area (TPSA) is 41.1 Å². The van der Waals surface area contributed by atoms with E-state index in [4.69, 9.17) is 11.6 Å². The van der Waals surface area contributed by atoms with Crippen LogP contribution in [0.5, 0.6) is 0 Å². The second kappa shape index (κ2) is 5.17. The second-order valence-electron chi connectivity index (χ2n) is 3.95. The number of nitrogens with one attached hydrogen (secondary N) is 2. The quantitative estimate of drug-likeness (QED) is 0.901. The van der Waals surface area contributed by atoms with E-state index in [1.807, 2.05) is 13.8 Å². The minimum atomic E-state index is -0.612. The van der Waals surface area contributed by atoms with Crippen LogP contribution in [0.3, 0.4) is 0 Å². The molecule has 0 radical (unpaired) electrons. The van der Waals surface area contributed by atoms with E-state index in [2.05, 4.69) is 26.6 Å². The SMILES string of the molecule is CNC(C)(C)C(=O)Nc1ccc(Cl)cc1Br. The van der Waals surface area contributed by atoms with Gasteiger partial charge in [0, 0.05) is 9.50 Å². The van der Waals surface area contributed by atoms with Crippen LogP contribution in [0.15, 0.2) is 22.7 Å². The molecular weight excluding hydrogens is 291 g/mol. The summed E-state index contributed by atoms with van der Waals surface area (Å²) < 4.78 is 0.764. The van der Waals surface area contributed by atoms with Gasteiger partial charge in [0.05, 0.1) is 11.2 Å². The first-order valence-corrected chi connectivity index (χ1v) is 5.99. The summed E-state index contributed by atoms with van der Waals surface area (Å²) in [5.41, 5.74) is 0.0942. The summed E-state index contributed by atoms with van der Waals surface area (Å²) in [6, 6.07) is 5.23. The molecule has 16 heavy (non-hydrogen) atoms. The molecular formula is C11H14BrClN2O. The summed E-state index contributed by atoms with van der Waals surface area (Å²) >= 11 is 9.16. The van der Waals surface area contributed by atoms with Crippen molar-refractivity contribution in [1.29, 1.82) is 0 Å². The summed E-state index contributed by atoms with van der Waals surface area (Å²) in [6.45, 7) is 3.62. The van der Waals surface area contributed by atoms with E-state index in [0.717, 1.165) is 4.47 Å². The van der Waals surface area contributed by atoms with Crippen molar-refractivity contribution in [2.45, 2.75) is 19.4 Å². The molecule has 5 heteroatoms. The Morgan fingerprint density at radius 2 is 2.06 bits per heavy atom. The van der Waals surface area contributed by atoms with Gasteiger partial charge in [-0.25, -0.2) is 0 Å². The van der Waals surface area contributed by atoms with E-state index in [1.165, 1.54) is 0 Å². The van der Waals surface area contributed by atoms with Gasteiger partial charge >= 0.3 is 0 Å². The highest BCUT2D eigenvalue weighted by atomic mass is 79.9. The molecule has 3 nitrogen and oxygen atoms in total. The van der Waals surface area contributed by atoms with Crippen molar-refractivity contribution < 1.29 is 4.79 Å². The predicted octanol–water partition coefficient (Wildman–Crippen LogP) is 3.04. The molecule has 0 spiro atoms. The Hall–Kier alpha value is -0.580. The fourth-order valence-electron chi connectivity index (χ4n) is 0.983. The molecule has 1 aromatic rings. The van der Waals surface area contributed by atoms with Crippen molar-refractivity contribution in [3.63, 3.8) is 0 Å². The number of amides is 1. The van der Waals surface area contributed by atoms with E-state index in [1.54, 1.807) is 25.2 Å². The number of hydrogen-bond donors (Lipinski definition) is 2. The minimum Gasteiger partial charge on any atom is -0.323 e. The van der Waals surface area contributed by atoms with Gasteiger partial charge in [-0.05, 0) is 55.0 Å². The highest BCUT2D eigenvalue weighted by Crippen LogP contribution is 2.26. The van der Waals surface area contributed by atoms with Gasteiger partial charge in [0.1, 0.15) is 0 Å². The molecule has 0 bridgehead atoms. The lowest BCUT2D eigenvalue weighted by molar-refractivity contribution is -0.121. The molecule has 0 heterocycles. The van der Waals surface area contributed by atoms with E-state index in [9.17, 15) is 4.79 Å². The Morgan fingerprint density at radius 1 is 1.44 bits per heavy atom. The Morgan fingerprint density at radius 3 is 2.56 bits per heavy atom. The lowest BCUT2D eigenvalue weighted by atomic mass is 10.1. The smallest absolute Gasteiger partial charge is 0.244 e. The number of halogens is 2. The number of hydrogen-bond acceptors (Lipinski definition) is 2. The van der Waals surface area contributed by atoms with Crippen LogP contribution < -0.4 is 10.6 Å². The van der Waals surface area contributed by atoms with Crippen molar-refractivity contribution in [2.75, 3.05) is 12.4 Å². The molecule has 0 aliphatic rings. The van der Waals surface area contributed by atoms with Crippen LogP contribution in [0.4, 0.5) is 5.69 Å². The van der Waals surface area contributed by atoms with Gasteiger partial charge in [0.15, 0.2) is 0 Å². The normalized spacial score (nSPS) is 11.3. The first kappa shape index (κ1) is 13.5. The predicted molar refractivity (Wildman–Crippen MR) is 70.9 cm³/mol. The Kier molecular flexibility index (Phi) is 4.35. The lowest BCUT2D eigenvalue weighted by Gasteiger charge is -2.23. The molecule has 0 aliphatic carbocycles. The van der Waals surface area contributed by atoms with E-state index in [0.29, 0.717) is 10.7 Å². The number of anilines is 1. The molecule has 0 aromatic heterocycles. The van der Waals surface area contributed by atoms with Crippen LogP contribution in [-0.2, 0) is 4.79 Å². The summed E-state index contributed by atoms with van der Waals surface area (Å²) in [5, 5.41) is 6.38. The number of carbonyl (C=O) groups is 1. The van der Waals surface area contributed by atoms with Crippen LogP contribution in [0.25, 0.3) is 0 Å². The standard InChI is InChI=1S/C11H14BrClN2O/c1-11(2,14-3)10(16)15-9-5-4-7(13)6-8(9)12/h4-6,14H,1-3H3,(H,15,16). The van der Waals surface area contributed by atoms with Crippen molar-refractivity contribution >= 4 is 39.1 Å². The monoisotopic (exact) mass is 304 g/mol.